The van der Waals surface area contributed by atoms with Gasteiger partial charge in [0.2, 0.25) is 12.2 Å². The summed E-state index contributed by atoms with van der Waals surface area (Å²) in [6, 6.07) is 4.26. The van der Waals surface area contributed by atoms with Crippen molar-refractivity contribution in [2.45, 2.75) is 50.7 Å². The lowest BCUT2D eigenvalue weighted by Gasteiger charge is -2.38. The summed E-state index contributed by atoms with van der Waals surface area (Å²) in [6.07, 6.45) is -6.54. The van der Waals surface area contributed by atoms with E-state index in [2.05, 4.69) is 5.32 Å². The van der Waals surface area contributed by atoms with Crippen molar-refractivity contribution in [1.29, 1.82) is 0 Å². The summed E-state index contributed by atoms with van der Waals surface area (Å²) >= 11 is 0. The fourth-order valence-electron chi connectivity index (χ4n) is 3.59. The molecule has 1 saturated heterocycles. The molecule has 0 bridgehead atoms. The van der Waals surface area contributed by atoms with Gasteiger partial charge in [-0.05, 0) is 18.6 Å². The maximum atomic E-state index is 12.0. The number of aliphatic hydroxyl groups is 3. The predicted octanol–water partition coefficient (Wildman–Crippen LogP) is -2.17. The molecule has 2 heterocycles. The summed E-state index contributed by atoms with van der Waals surface area (Å²) in [7, 11) is 0. The van der Waals surface area contributed by atoms with Crippen LogP contribution in [0.3, 0.4) is 0 Å². The number of nitrogens with one attached hydrogen (secondary N) is 1. The minimum absolute atomic E-state index is 0.0372. The number of nitrogens with zero attached hydrogens (tertiary/aromatic N) is 1. The van der Waals surface area contributed by atoms with Crippen molar-refractivity contribution < 1.29 is 63.3 Å². The lowest BCUT2D eigenvalue weighted by Crippen LogP contribution is -2.61. The van der Waals surface area contributed by atoms with E-state index in [9.17, 15) is 44.4 Å². The first-order valence-corrected chi connectivity index (χ1v) is 11.8. The molecule has 15 heteroatoms. The number of hydrogen-bond donors (Lipinski definition) is 5. The van der Waals surface area contributed by atoms with Crippen LogP contribution in [0.15, 0.2) is 30.4 Å². The van der Waals surface area contributed by atoms with Crippen molar-refractivity contribution in [1.82, 2.24) is 10.2 Å². The lowest BCUT2D eigenvalue weighted by molar-refractivity contribution is -0.271. The average Bonchev–Trinajstić information content (AvgIpc) is 3.20. The fourth-order valence-corrected chi connectivity index (χ4v) is 3.59. The second kappa shape index (κ2) is 13.1. The van der Waals surface area contributed by atoms with Gasteiger partial charge in [-0.25, -0.2) is 4.79 Å². The Kier molecular flexibility index (Phi) is 9.95. The number of benzene rings is 1. The molecule has 5 atom stereocenters. The van der Waals surface area contributed by atoms with E-state index >= 15 is 0 Å². The van der Waals surface area contributed by atoms with Crippen molar-refractivity contribution in [3.05, 3.63) is 35.9 Å². The fraction of sp³-hybridized carbons (Fsp3) is 0.458. The second-order valence-electron chi connectivity index (χ2n) is 8.55. The number of aliphatic carboxylic acids is 1. The average molecular weight is 552 g/mol. The molecule has 3 rings (SSSR count). The molecule has 2 aliphatic heterocycles. The van der Waals surface area contributed by atoms with Crippen LogP contribution in [0.2, 0.25) is 0 Å². The van der Waals surface area contributed by atoms with E-state index < -0.39 is 66.9 Å². The largest absolute Gasteiger partial charge is 0.493 e. The zero-order valence-corrected chi connectivity index (χ0v) is 20.7. The van der Waals surface area contributed by atoms with Gasteiger partial charge in [-0.2, -0.15) is 0 Å². The van der Waals surface area contributed by atoms with Crippen LogP contribution in [0, 0.1) is 0 Å². The molecule has 0 spiro atoms. The third kappa shape index (κ3) is 7.73. The molecular weight excluding hydrogens is 524 g/mol. The molecule has 5 N–H and O–H groups in total. The van der Waals surface area contributed by atoms with Crippen molar-refractivity contribution in [3.8, 4) is 11.5 Å². The number of carbonyl (C=O) groups is 5. The molecule has 39 heavy (non-hydrogen) atoms. The topological polar surface area (TPSA) is 218 Å². The van der Waals surface area contributed by atoms with Gasteiger partial charge in [0.25, 0.3) is 11.8 Å². The van der Waals surface area contributed by atoms with Crippen LogP contribution in [0.5, 0.6) is 11.5 Å². The number of carbonyl (C=O) groups excluding carboxylic acids is 4. The minimum atomic E-state index is -1.88. The Morgan fingerprint density at radius 3 is 2.38 bits per heavy atom. The second-order valence-corrected chi connectivity index (χ2v) is 8.55. The van der Waals surface area contributed by atoms with E-state index in [0.29, 0.717) is 12.0 Å². The minimum Gasteiger partial charge on any atom is -0.493 e. The smallest absolute Gasteiger partial charge is 0.335 e. The molecule has 15 nitrogen and oxygen atoms in total. The van der Waals surface area contributed by atoms with E-state index in [-0.39, 0.29) is 31.3 Å². The summed E-state index contributed by atoms with van der Waals surface area (Å²) in [5.74, 6) is -3.56. The number of rotatable bonds is 12. The van der Waals surface area contributed by atoms with Gasteiger partial charge in [0.1, 0.15) is 43.0 Å². The number of carboxylic acid groups (broad SMARTS) is 1. The highest BCUT2D eigenvalue weighted by Gasteiger charge is 2.48. The summed E-state index contributed by atoms with van der Waals surface area (Å²) in [6.45, 7) is 0.870. The number of ether oxygens (including phenoxy) is 4. The number of esters is 1. The molecule has 3 amide bonds. The van der Waals surface area contributed by atoms with E-state index in [4.69, 9.17) is 18.9 Å². The SMILES string of the molecule is CC(=O)OCc1ccc(O[C@@H]2O[C@H](C(=O)O)[C@@H](O)[C@H](O)[C@H]2O)cc1OCCCNC(=O)CN1C(=O)C=CC1=O. The first-order valence-electron chi connectivity index (χ1n) is 11.8. The zero-order chi connectivity index (χ0) is 28.7. The highest BCUT2D eigenvalue weighted by Crippen LogP contribution is 2.29. The quantitative estimate of drug-likeness (QED) is 0.106. The van der Waals surface area contributed by atoms with E-state index in [1.807, 2.05) is 0 Å². The highest BCUT2D eigenvalue weighted by atomic mass is 16.7. The van der Waals surface area contributed by atoms with Gasteiger partial charge in [0, 0.05) is 37.3 Å². The third-order valence-corrected chi connectivity index (χ3v) is 5.64. The summed E-state index contributed by atoms with van der Waals surface area (Å²) in [4.78, 5) is 58.4. The summed E-state index contributed by atoms with van der Waals surface area (Å²) < 4.78 is 21.4. The maximum absolute atomic E-state index is 12.0. The molecular formula is C24H28N2O13. The van der Waals surface area contributed by atoms with Crippen molar-refractivity contribution >= 4 is 29.7 Å². The van der Waals surface area contributed by atoms with E-state index in [0.717, 1.165) is 17.1 Å². The Bertz CT molecular complexity index is 1120. The number of carboxylic acids is 1. The van der Waals surface area contributed by atoms with E-state index in [1.54, 1.807) is 0 Å². The Balaban J connectivity index is 1.59. The number of hydrogen-bond acceptors (Lipinski definition) is 12. The number of aliphatic hydroxyl groups excluding tert-OH is 3. The molecule has 0 saturated carbocycles. The molecule has 2 aliphatic rings. The lowest BCUT2D eigenvalue weighted by atomic mass is 9.99. The van der Waals surface area contributed by atoms with Gasteiger partial charge >= 0.3 is 11.9 Å². The predicted molar refractivity (Wildman–Crippen MR) is 126 cm³/mol. The molecule has 0 unspecified atom stereocenters. The van der Waals surface area contributed by atoms with Crippen molar-refractivity contribution in [2.75, 3.05) is 19.7 Å². The molecule has 0 radical (unpaired) electrons. The Hall–Kier alpha value is -4.05. The van der Waals surface area contributed by atoms with E-state index in [1.165, 1.54) is 25.1 Å². The van der Waals surface area contributed by atoms with Crippen LogP contribution in [0.1, 0.15) is 18.9 Å². The van der Waals surface area contributed by atoms with Crippen LogP contribution in [0.25, 0.3) is 0 Å². The van der Waals surface area contributed by atoms with Gasteiger partial charge < -0.3 is 44.7 Å². The van der Waals surface area contributed by atoms with Gasteiger partial charge in [0.15, 0.2) is 6.10 Å². The van der Waals surface area contributed by atoms with Crippen LogP contribution in [-0.4, -0.2) is 105 Å². The van der Waals surface area contributed by atoms with Crippen molar-refractivity contribution in [3.63, 3.8) is 0 Å². The molecule has 1 aromatic rings. The van der Waals surface area contributed by atoms with Crippen LogP contribution in [-0.2, 0) is 40.1 Å². The van der Waals surface area contributed by atoms with Crippen LogP contribution in [0.4, 0.5) is 0 Å². The first-order chi connectivity index (χ1) is 18.5. The Labute approximate surface area is 221 Å². The molecule has 212 valence electrons. The summed E-state index contributed by atoms with van der Waals surface area (Å²) in [5.41, 5.74) is 0.434. The van der Waals surface area contributed by atoms with Crippen molar-refractivity contribution in [2.24, 2.45) is 0 Å². The maximum Gasteiger partial charge on any atom is 0.335 e. The van der Waals surface area contributed by atoms with Crippen LogP contribution >= 0.6 is 0 Å². The normalized spacial score (nSPS) is 24.4. The molecule has 1 fully saturated rings. The monoisotopic (exact) mass is 552 g/mol. The zero-order valence-electron chi connectivity index (χ0n) is 20.7. The van der Waals surface area contributed by atoms with Gasteiger partial charge in [-0.3, -0.25) is 24.1 Å². The molecule has 0 aromatic heterocycles. The standard InChI is InChI=1S/C24H28N2O13/c1-12(27)37-11-13-3-4-14(38-24-21(33)19(31)20(32)22(39-24)23(34)35)9-15(13)36-8-2-7-25-16(28)10-26-17(29)5-6-18(26)30/h3-6,9,19-22,24,31-33H,2,7-8,10-11H2,1H3,(H,25,28)(H,34,35)/t19-,20-,21+,22-,24+/m0/s1. The molecule has 0 aliphatic carbocycles. The first kappa shape index (κ1) is 29.5. The third-order valence-electron chi connectivity index (χ3n) is 5.64. The van der Waals surface area contributed by atoms with Gasteiger partial charge in [0.05, 0.1) is 6.61 Å². The summed E-state index contributed by atoms with van der Waals surface area (Å²) in [5, 5.41) is 41.7. The molecule has 1 aromatic carbocycles. The van der Waals surface area contributed by atoms with Gasteiger partial charge in [-0.1, -0.05) is 0 Å². The Morgan fingerprint density at radius 1 is 1.05 bits per heavy atom. The van der Waals surface area contributed by atoms with Gasteiger partial charge in [-0.15, -0.1) is 0 Å². The number of amides is 3. The number of imide groups is 1. The highest BCUT2D eigenvalue weighted by molar-refractivity contribution is 6.14. The van der Waals surface area contributed by atoms with Crippen LogP contribution < -0.4 is 14.8 Å². The Morgan fingerprint density at radius 2 is 1.74 bits per heavy atom.